The van der Waals surface area contributed by atoms with Gasteiger partial charge in [-0.15, -0.1) is 11.3 Å². The first-order chi connectivity index (χ1) is 15.1. The number of carbonyl (C=O) groups excluding carboxylic acids is 1. The third-order valence-corrected chi connectivity index (χ3v) is 6.54. The van der Waals surface area contributed by atoms with Crippen molar-refractivity contribution in [1.82, 2.24) is 4.98 Å². The second-order valence-corrected chi connectivity index (χ2v) is 8.83. The molecule has 0 bridgehead atoms. The van der Waals surface area contributed by atoms with E-state index in [0.29, 0.717) is 44.1 Å². The summed E-state index contributed by atoms with van der Waals surface area (Å²) in [5.41, 5.74) is 2.75. The zero-order valence-corrected chi connectivity index (χ0v) is 18.4. The number of pyridine rings is 1. The number of rotatable bonds is 10. The molecule has 0 atom stereocenters. The van der Waals surface area contributed by atoms with Crippen molar-refractivity contribution in [3.63, 3.8) is 0 Å². The molecule has 3 aromatic rings. The Bertz CT molecular complexity index is 1030. The first-order valence-corrected chi connectivity index (χ1v) is 11.6. The highest BCUT2D eigenvalue weighted by Crippen LogP contribution is 2.45. The molecule has 0 spiro atoms. The van der Waals surface area contributed by atoms with Crippen molar-refractivity contribution in [3.8, 4) is 16.2 Å². The van der Waals surface area contributed by atoms with Crippen molar-refractivity contribution in [1.29, 1.82) is 0 Å². The zero-order chi connectivity index (χ0) is 21.6. The number of aromatic nitrogens is 1. The molecule has 0 amide bonds. The van der Waals surface area contributed by atoms with Gasteiger partial charge in [0.25, 0.3) is 0 Å². The minimum absolute atomic E-state index is 0.174. The Kier molecular flexibility index (Phi) is 6.97. The number of aryl methyl sites for hydroxylation is 1. The molecule has 2 heterocycles. The summed E-state index contributed by atoms with van der Waals surface area (Å²) in [7, 11) is 0. The molecule has 1 aliphatic carbocycles. The van der Waals surface area contributed by atoms with Gasteiger partial charge in [0.2, 0.25) is 0 Å². The Balaban J connectivity index is 1.36. The van der Waals surface area contributed by atoms with E-state index in [1.54, 1.807) is 36.6 Å². The number of benzene rings is 1. The monoisotopic (exact) mass is 439 g/mol. The van der Waals surface area contributed by atoms with Crippen LogP contribution in [0.25, 0.3) is 10.4 Å². The molecule has 0 radical (unpaired) electrons. The zero-order valence-electron chi connectivity index (χ0n) is 17.6. The topological polar surface area (TPSA) is 48.4 Å². The smallest absolute Gasteiger partial charge is 0.305 e. The Hall–Kier alpha value is -2.73. The SMILES string of the molecule is CCOC(=O)CCCc1ccc(OCc2ccc(F)cc2-c2ccc(C3CC3)s2)cn1. The molecule has 0 saturated heterocycles. The molecule has 4 nitrogen and oxygen atoms in total. The summed E-state index contributed by atoms with van der Waals surface area (Å²) >= 11 is 1.75. The number of halogens is 1. The van der Waals surface area contributed by atoms with E-state index in [0.717, 1.165) is 21.7 Å². The Morgan fingerprint density at radius 2 is 2.06 bits per heavy atom. The standard InChI is InChI=1S/C25H26FNO3S/c1-2-29-25(28)5-3-4-20-10-11-21(15-27-20)30-16-18-8-9-19(26)14-22(18)24-13-12-23(31-24)17-6-7-17/h8-15,17H,2-7,16H2,1H3. The molecule has 31 heavy (non-hydrogen) atoms. The fourth-order valence-corrected chi connectivity index (χ4v) is 4.67. The fourth-order valence-electron chi connectivity index (χ4n) is 3.44. The minimum atomic E-state index is -0.242. The lowest BCUT2D eigenvalue weighted by atomic mass is 10.1. The highest BCUT2D eigenvalue weighted by atomic mass is 32.1. The van der Waals surface area contributed by atoms with Gasteiger partial charge in [0.15, 0.2) is 0 Å². The van der Waals surface area contributed by atoms with Crippen molar-refractivity contribution in [2.75, 3.05) is 6.61 Å². The van der Waals surface area contributed by atoms with Gasteiger partial charge in [-0.25, -0.2) is 4.39 Å². The number of hydrogen-bond acceptors (Lipinski definition) is 5. The molecule has 1 fully saturated rings. The van der Waals surface area contributed by atoms with Gasteiger partial charge in [-0.3, -0.25) is 9.78 Å². The predicted molar refractivity (Wildman–Crippen MR) is 120 cm³/mol. The van der Waals surface area contributed by atoms with E-state index in [2.05, 4.69) is 17.1 Å². The van der Waals surface area contributed by atoms with Gasteiger partial charge in [0.1, 0.15) is 18.2 Å². The first-order valence-electron chi connectivity index (χ1n) is 10.7. The van der Waals surface area contributed by atoms with Crippen LogP contribution >= 0.6 is 11.3 Å². The van der Waals surface area contributed by atoms with Crippen molar-refractivity contribution in [2.24, 2.45) is 0 Å². The number of esters is 1. The third-order valence-electron chi connectivity index (χ3n) is 5.25. The van der Waals surface area contributed by atoms with Crippen LogP contribution in [-0.2, 0) is 22.6 Å². The van der Waals surface area contributed by atoms with Gasteiger partial charge in [-0.05, 0) is 80.5 Å². The maximum absolute atomic E-state index is 13.9. The van der Waals surface area contributed by atoms with Crippen molar-refractivity contribution < 1.29 is 18.7 Å². The van der Waals surface area contributed by atoms with Crippen LogP contribution in [0.2, 0.25) is 0 Å². The van der Waals surface area contributed by atoms with E-state index in [9.17, 15) is 9.18 Å². The van der Waals surface area contributed by atoms with Crippen molar-refractivity contribution in [3.05, 3.63) is 70.6 Å². The lowest BCUT2D eigenvalue weighted by molar-refractivity contribution is -0.143. The van der Waals surface area contributed by atoms with Crippen LogP contribution in [0.1, 0.15) is 54.7 Å². The fraction of sp³-hybridized carbons (Fsp3) is 0.360. The largest absolute Gasteiger partial charge is 0.487 e. The second-order valence-electron chi connectivity index (χ2n) is 7.71. The maximum atomic E-state index is 13.9. The number of hydrogen-bond donors (Lipinski definition) is 0. The van der Waals surface area contributed by atoms with Crippen LogP contribution < -0.4 is 4.74 Å². The van der Waals surface area contributed by atoms with E-state index < -0.39 is 0 Å². The Morgan fingerprint density at radius 1 is 1.19 bits per heavy atom. The highest BCUT2D eigenvalue weighted by molar-refractivity contribution is 7.15. The van der Waals surface area contributed by atoms with Crippen LogP contribution in [0.3, 0.4) is 0 Å². The van der Waals surface area contributed by atoms with E-state index in [1.165, 1.54) is 23.8 Å². The van der Waals surface area contributed by atoms with Gasteiger partial charge in [-0.1, -0.05) is 6.07 Å². The molecule has 1 aromatic carbocycles. The van der Waals surface area contributed by atoms with Crippen molar-refractivity contribution >= 4 is 17.3 Å². The molecule has 2 aromatic heterocycles. The summed E-state index contributed by atoms with van der Waals surface area (Å²) in [4.78, 5) is 18.3. The van der Waals surface area contributed by atoms with Crippen LogP contribution in [0.4, 0.5) is 4.39 Å². The van der Waals surface area contributed by atoms with Crippen LogP contribution in [-0.4, -0.2) is 17.6 Å². The van der Waals surface area contributed by atoms with Gasteiger partial charge >= 0.3 is 5.97 Å². The quantitative estimate of drug-likeness (QED) is 0.348. The van der Waals surface area contributed by atoms with E-state index in [1.807, 2.05) is 12.1 Å². The van der Waals surface area contributed by atoms with Gasteiger partial charge < -0.3 is 9.47 Å². The molecule has 162 valence electrons. The molecule has 1 aliphatic rings. The summed E-state index contributed by atoms with van der Waals surface area (Å²) < 4.78 is 24.8. The van der Waals surface area contributed by atoms with E-state index in [-0.39, 0.29) is 11.8 Å². The highest BCUT2D eigenvalue weighted by Gasteiger charge is 2.25. The van der Waals surface area contributed by atoms with E-state index >= 15 is 0 Å². The molecule has 6 heteroatoms. The second kappa shape index (κ2) is 10.1. The summed E-state index contributed by atoms with van der Waals surface area (Å²) in [6, 6.07) is 12.9. The number of ether oxygens (including phenoxy) is 2. The summed E-state index contributed by atoms with van der Waals surface area (Å²) in [6.07, 6.45) is 6.01. The minimum Gasteiger partial charge on any atom is -0.487 e. The molecule has 0 N–H and O–H groups in total. The Labute approximate surface area is 186 Å². The predicted octanol–water partition coefficient (Wildman–Crippen LogP) is 6.29. The van der Waals surface area contributed by atoms with Gasteiger partial charge in [0, 0.05) is 27.4 Å². The number of thiophene rings is 1. The molecular formula is C25H26FNO3S. The Morgan fingerprint density at radius 3 is 2.81 bits per heavy atom. The third kappa shape index (κ3) is 5.91. The lowest BCUT2D eigenvalue weighted by Crippen LogP contribution is -2.04. The summed E-state index contributed by atoms with van der Waals surface area (Å²) in [6.45, 7) is 2.56. The normalized spacial score (nSPS) is 13.2. The average molecular weight is 440 g/mol. The summed E-state index contributed by atoms with van der Waals surface area (Å²) in [5, 5.41) is 0. The number of carbonyl (C=O) groups is 1. The number of nitrogens with zero attached hydrogens (tertiary/aromatic N) is 1. The van der Waals surface area contributed by atoms with Crippen LogP contribution in [0, 0.1) is 5.82 Å². The maximum Gasteiger partial charge on any atom is 0.305 e. The molecule has 0 unspecified atom stereocenters. The van der Waals surface area contributed by atoms with Gasteiger partial charge in [0.05, 0.1) is 12.8 Å². The van der Waals surface area contributed by atoms with E-state index in [4.69, 9.17) is 9.47 Å². The molecule has 4 rings (SSSR count). The molecule has 0 aliphatic heterocycles. The summed E-state index contributed by atoms with van der Waals surface area (Å²) in [5.74, 6) is 0.935. The molecule has 1 saturated carbocycles. The van der Waals surface area contributed by atoms with Gasteiger partial charge in [-0.2, -0.15) is 0 Å². The van der Waals surface area contributed by atoms with Crippen LogP contribution in [0.5, 0.6) is 5.75 Å². The average Bonchev–Trinajstić information content (AvgIpc) is 3.51. The lowest BCUT2D eigenvalue weighted by Gasteiger charge is -2.11. The molecular weight excluding hydrogens is 413 g/mol. The first kappa shape index (κ1) is 21.5. The van der Waals surface area contributed by atoms with Crippen LogP contribution in [0.15, 0.2) is 48.7 Å². The van der Waals surface area contributed by atoms with Crippen molar-refractivity contribution in [2.45, 2.75) is 51.6 Å².